The average Bonchev–Trinajstić information content (AvgIpc) is 3.40. The van der Waals surface area contributed by atoms with Gasteiger partial charge in [-0.3, -0.25) is 4.79 Å². The number of ether oxygens (including phenoxy) is 2. The Hall–Kier alpha value is -5.42. The van der Waals surface area contributed by atoms with Crippen LogP contribution in [0.5, 0.6) is 11.5 Å². The minimum Gasteiger partial charge on any atom is -0.497 e. The molecule has 3 aromatic carbocycles. The Morgan fingerprint density at radius 2 is 1.84 bits per heavy atom. The molecule has 0 saturated carbocycles. The van der Waals surface area contributed by atoms with Crippen molar-refractivity contribution in [3.63, 3.8) is 0 Å². The van der Waals surface area contributed by atoms with E-state index in [-0.39, 0.29) is 16.6 Å². The Labute approximate surface area is 263 Å². The molecule has 45 heavy (non-hydrogen) atoms. The first-order valence-electron chi connectivity index (χ1n) is 13.9. The van der Waals surface area contributed by atoms with Crippen molar-refractivity contribution in [3.8, 4) is 11.5 Å². The molecule has 0 unspecified atom stereocenters. The number of amides is 1. The largest absolute Gasteiger partial charge is 0.497 e. The van der Waals surface area contributed by atoms with Gasteiger partial charge in [0.25, 0.3) is 5.91 Å². The number of halogens is 2. The minimum atomic E-state index is -0.575. The fourth-order valence-corrected chi connectivity index (χ4v) is 5.41. The number of hydrogen-bond donors (Lipinski definition) is 3. The van der Waals surface area contributed by atoms with Crippen LogP contribution in [0.15, 0.2) is 73.3 Å². The van der Waals surface area contributed by atoms with E-state index in [1.165, 1.54) is 12.4 Å². The average molecular weight is 626 g/mol. The van der Waals surface area contributed by atoms with E-state index >= 15 is 0 Å². The van der Waals surface area contributed by atoms with Crippen LogP contribution < -0.4 is 25.4 Å². The fraction of sp³-hybridized carbons (Fsp3) is 0.152. The molecule has 228 valence electrons. The second-order valence-electron chi connectivity index (χ2n) is 10.3. The zero-order valence-electron chi connectivity index (χ0n) is 24.9. The number of pyridine rings is 1. The molecule has 0 saturated heterocycles. The van der Waals surface area contributed by atoms with Crippen molar-refractivity contribution in [1.29, 1.82) is 0 Å². The summed E-state index contributed by atoms with van der Waals surface area (Å²) in [4.78, 5) is 27.1. The molecule has 0 fully saturated rings. The van der Waals surface area contributed by atoms with Gasteiger partial charge < -0.3 is 30.0 Å². The molecule has 3 aromatic heterocycles. The summed E-state index contributed by atoms with van der Waals surface area (Å²) in [5.41, 5.74) is 4.09. The van der Waals surface area contributed by atoms with E-state index < -0.39 is 5.82 Å². The number of carbonyl (C=O) groups is 1. The van der Waals surface area contributed by atoms with Crippen molar-refractivity contribution >= 4 is 62.3 Å². The van der Waals surface area contributed by atoms with E-state index in [2.05, 4.69) is 30.9 Å². The van der Waals surface area contributed by atoms with Gasteiger partial charge in [0.05, 0.1) is 36.2 Å². The van der Waals surface area contributed by atoms with Crippen LogP contribution in [0.2, 0.25) is 5.02 Å². The zero-order valence-corrected chi connectivity index (χ0v) is 25.7. The van der Waals surface area contributed by atoms with Crippen LogP contribution >= 0.6 is 11.6 Å². The van der Waals surface area contributed by atoms with Crippen molar-refractivity contribution in [1.82, 2.24) is 19.5 Å². The summed E-state index contributed by atoms with van der Waals surface area (Å²) in [5, 5.41) is 10.9. The Morgan fingerprint density at radius 1 is 1.00 bits per heavy atom. The van der Waals surface area contributed by atoms with Gasteiger partial charge in [-0.15, -0.1) is 0 Å². The summed E-state index contributed by atoms with van der Waals surface area (Å²) >= 11 is 5.97. The highest BCUT2D eigenvalue weighted by atomic mass is 35.5. The second-order valence-corrected chi connectivity index (χ2v) is 10.7. The lowest BCUT2D eigenvalue weighted by molar-refractivity contribution is 0.102. The van der Waals surface area contributed by atoms with E-state index in [0.29, 0.717) is 57.3 Å². The normalized spacial score (nSPS) is 11.1. The lowest BCUT2D eigenvalue weighted by Crippen LogP contribution is -2.13. The van der Waals surface area contributed by atoms with E-state index in [1.807, 2.05) is 48.9 Å². The molecule has 6 rings (SSSR count). The predicted molar refractivity (Wildman–Crippen MR) is 175 cm³/mol. The van der Waals surface area contributed by atoms with Gasteiger partial charge in [0, 0.05) is 48.4 Å². The van der Waals surface area contributed by atoms with Crippen LogP contribution in [-0.2, 0) is 13.6 Å². The molecule has 3 heterocycles. The number of fused-ring (bicyclic) bond motifs is 2. The zero-order chi connectivity index (χ0) is 31.7. The molecule has 1 amide bonds. The molecular weight excluding hydrogens is 597 g/mol. The SMILES string of the molecule is COc1ccc(CNc2ncnc3c(C(=O)Nc4c(C)ccc5c(Nc6cccc(Cl)c6F)nccc45)cn(C)c23)c(OC)c1. The lowest BCUT2D eigenvalue weighted by atomic mass is 10.0. The molecule has 0 atom stereocenters. The van der Waals surface area contributed by atoms with Crippen LogP contribution in [0.3, 0.4) is 0 Å². The maximum atomic E-state index is 14.6. The van der Waals surface area contributed by atoms with Crippen molar-refractivity contribution in [2.75, 3.05) is 30.2 Å². The lowest BCUT2D eigenvalue weighted by Gasteiger charge is -2.15. The molecule has 0 aliphatic heterocycles. The molecule has 12 heteroatoms. The van der Waals surface area contributed by atoms with Crippen LogP contribution in [0.1, 0.15) is 21.5 Å². The maximum absolute atomic E-state index is 14.6. The number of benzene rings is 3. The van der Waals surface area contributed by atoms with E-state index in [0.717, 1.165) is 16.5 Å². The van der Waals surface area contributed by atoms with Crippen LogP contribution in [-0.4, -0.2) is 39.6 Å². The second kappa shape index (κ2) is 12.3. The molecule has 0 spiro atoms. The molecule has 0 aliphatic rings. The number of rotatable bonds is 9. The van der Waals surface area contributed by atoms with Gasteiger partial charge in [-0.05, 0) is 42.8 Å². The molecule has 0 aliphatic carbocycles. The standard InChI is InChI=1S/C33H29ClFN7O3/c1-18-8-11-22-21(12-13-36-31(22)40-25-7-5-6-24(34)27(25)35)28(18)41-33(43)23-16-42(2)30-29(23)38-17-39-32(30)37-15-19-9-10-20(44-3)14-26(19)45-4/h5-14,16-17H,15H2,1-4H3,(H,36,40)(H,41,43)(H,37,38,39). The third kappa shape index (κ3) is 5.65. The smallest absolute Gasteiger partial charge is 0.259 e. The Kier molecular flexibility index (Phi) is 8.10. The monoisotopic (exact) mass is 625 g/mol. The maximum Gasteiger partial charge on any atom is 0.259 e. The summed E-state index contributed by atoms with van der Waals surface area (Å²) in [6.45, 7) is 2.32. The Morgan fingerprint density at radius 3 is 2.64 bits per heavy atom. The van der Waals surface area contributed by atoms with Crippen molar-refractivity contribution < 1.29 is 18.7 Å². The number of nitrogens with zero attached hydrogens (tertiary/aromatic N) is 4. The van der Waals surface area contributed by atoms with Crippen LogP contribution in [0, 0.1) is 12.7 Å². The van der Waals surface area contributed by atoms with Gasteiger partial charge in [-0.25, -0.2) is 19.3 Å². The van der Waals surface area contributed by atoms with Gasteiger partial charge in [0.15, 0.2) is 11.6 Å². The fourth-order valence-electron chi connectivity index (χ4n) is 5.24. The summed E-state index contributed by atoms with van der Waals surface area (Å²) in [5.74, 6) is 1.44. The van der Waals surface area contributed by atoms with Gasteiger partial charge in [-0.1, -0.05) is 29.8 Å². The highest BCUT2D eigenvalue weighted by molar-refractivity contribution is 6.31. The topological polar surface area (TPSA) is 115 Å². The summed E-state index contributed by atoms with van der Waals surface area (Å²) in [6.07, 6.45) is 4.75. The quantitative estimate of drug-likeness (QED) is 0.154. The first kappa shape index (κ1) is 29.6. The van der Waals surface area contributed by atoms with Gasteiger partial charge in [-0.2, -0.15) is 0 Å². The summed E-state index contributed by atoms with van der Waals surface area (Å²) in [6, 6.07) is 15.9. The van der Waals surface area contributed by atoms with Crippen molar-refractivity contribution in [2.45, 2.75) is 13.5 Å². The molecule has 0 bridgehead atoms. The molecule has 0 radical (unpaired) electrons. The molecular formula is C33H29ClFN7O3. The van der Waals surface area contributed by atoms with Gasteiger partial charge in [0.1, 0.15) is 34.7 Å². The first-order valence-corrected chi connectivity index (χ1v) is 14.3. The summed E-state index contributed by atoms with van der Waals surface area (Å²) < 4.78 is 27.3. The number of aryl methyl sites for hydroxylation is 2. The highest BCUT2D eigenvalue weighted by Crippen LogP contribution is 2.34. The number of carbonyl (C=O) groups excluding carboxylic acids is 1. The third-order valence-electron chi connectivity index (χ3n) is 7.54. The van der Waals surface area contributed by atoms with E-state index in [4.69, 9.17) is 21.1 Å². The summed E-state index contributed by atoms with van der Waals surface area (Å²) in [7, 11) is 5.04. The third-order valence-corrected chi connectivity index (χ3v) is 7.83. The Bertz CT molecular complexity index is 2080. The molecule has 3 N–H and O–H groups in total. The van der Waals surface area contributed by atoms with E-state index in [9.17, 15) is 9.18 Å². The van der Waals surface area contributed by atoms with E-state index in [1.54, 1.807) is 44.8 Å². The number of nitrogens with one attached hydrogen (secondary N) is 3. The Balaban J connectivity index is 1.30. The van der Waals surface area contributed by atoms with Crippen LogP contribution in [0.4, 0.5) is 27.4 Å². The minimum absolute atomic E-state index is 0.00162. The molecule has 10 nitrogen and oxygen atoms in total. The van der Waals surface area contributed by atoms with Crippen molar-refractivity contribution in [2.24, 2.45) is 7.05 Å². The number of anilines is 4. The number of hydrogen-bond acceptors (Lipinski definition) is 8. The first-order chi connectivity index (χ1) is 21.8. The van der Waals surface area contributed by atoms with Gasteiger partial charge >= 0.3 is 0 Å². The predicted octanol–water partition coefficient (Wildman–Crippen LogP) is 7.24. The molecule has 6 aromatic rings. The van der Waals surface area contributed by atoms with Gasteiger partial charge in [0.2, 0.25) is 0 Å². The highest BCUT2D eigenvalue weighted by Gasteiger charge is 2.21. The number of aromatic nitrogens is 4. The number of methoxy groups -OCH3 is 2. The van der Waals surface area contributed by atoms with Crippen molar-refractivity contribution in [3.05, 3.63) is 101 Å². The van der Waals surface area contributed by atoms with Crippen LogP contribution in [0.25, 0.3) is 21.8 Å².